The van der Waals surface area contributed by atoms with Gasteiger partial charge in [-0.15, -0.1) is 11.8 Å². The highest BCUT2D eigenvalue weighted by molar-refractivity contribution is 8.04. The third-order valence-electron chi connectivity index (χ3n) is 3.07. The summed E-state index contributed by atoms with van der Waals surface area (Å²) < 4.78 is 10.2. The van der Waals surface area contributed by atoms with E-state index >= 15 is 0 Å². The molecule has 0 aliphatic heterocycles. The fraction of sp³-hybridized carbons (Fsp3) is 0.588. The summed E-state index contributed by atoms with van der Waals surface area (Å²) in [5.41, 5.74) is 0. The molecular weight excluding hydrogens is 344 g/mol. The summed E-state index contributed by atoms with van der Waals surface area (Å²) in [7, 11) is 0. The van der Waals surface area contributed by atoms with Crippen molar-refractivity contribution in [3.05, 3.63) is 23.3 Å². The number of nitriles is 1. The number of thioether (sulfide) groups is 1. The summed E-state index contributed by atoms with van der Waals surface area (Å²) in [6.45, 7) is 8.40. The standard InChI is InChI=1S/C17H24N2O5S/c1-10(20)23-15-13(6-7-14(22)16(15)24-11(2)21)19-9-12(8-18)25-17(3,4)5/h6-7,9,13-16,19,22H,1-5H3/b12-9-/t13-,14+,15+,16-/m1/s1. The van der Waals surface area contributed by atoms with E-state index in [2.05, 4.69) is 11.4 Å². The maximum Gasteiger partial charge on any atom is 0.303 e. The van der Waals surface area contributed by atoms with E-state index in [4.69, 9.17) is 9.47 Å². The van der Waals surface area contributed by atoms with E-state index in [1.165, 1.54) is 37.9 Å². The largest absolute Gasteiger partial charge is 0.456 e. The summed E-state index contributed by atoms with van der Waals surface area (Å²) in [5, 5.41) is 22.3. The van der Waals surface area contributed by atoms with Gasteiger partial charge in [0.25, 0.3) is 0 Å². The lowest BCUT2D eigenvalue weighted by molar-refractivity contribution is -0.174. The molecule has 0 aromatic heterocycles. The molecule has 0 amide bonds. The molecule has 8 heteroatoms. The second kappa shape index (κ2) is 8.92. The Morgan fingerprint density at radius 2 is 1.76 bits per heavy atom. The van der Waals surface area contributed by atoms with Crippen molar-refractivity contribution in [1.29, 1.82) is 5.26 Å². The maximum absolute atomic E-state index is 11.4. The predicted molar refractivity (Wildman–Crippen MR) is 94.2 cm³/mol. The van der Waals surface area contributed by atoms with E-state index < -0.39 is 36.3 Å². The normalized spacial score (nSPS) is 26.5. The summed E-state index contributed by atoms with van der Waals surface area (Å²) in [4.78, 5) is 23.2. The first-order valence-corrected chi connectivity index (χ1v) is 8.61. The van der Waals surface area contributed by atoms with E-state index in [1.54, 1.807) is 6.08 Å². The molecule has 0 aromatic carbocycles. The van der Waals surface area contributed by atoms with E-state index in [-0.39, 0.29) is 4.75 Å². The Morgan fingerprint density at radius 3 is 2.24 bits per heavy atom. The Balaban J connectivity index is 3.01. The Kier molecular flexibility index (Phi) is 7.52. The molecule has 1 aliphatic carbocycles. The zero-order chi connectivity index (χ0) is 19.2. The molecule has 1 rings (SSSR count). The topological polar surface area (TPSA) is 109 Å². The maximum atomic E-state index is 11.4. The Bertz CT molecular complexity index is 603. The first-order valence-electron chi connectivity index (χ1n) is 7.79. The van der Waals surface area contributed by atoms with Crippen LogP contribution in [-0.4, -0.2) is 46.1 Å². The first-order chi connectivity index (χ1) is 11.5. The number of rotatable bonds is 5. The molecule has 0 radical (unpaired) electrons. The lowest BCUT2D eigenvalue weighted by Gasteiger charge is -2.36. The number of nitrogens with one attached hydrogen (secondary N) is 1. The highest BCUT2D eigenvalue weighted by atomic mass is 32.2. The Morgan fingerprint density at radius 1 is 1.20 bits per heavy atom. The number of aliphatic hydroxyl groups excluding tert-OH is 1. The van der Waals surface area contributed by atoms with Crippen molar-refractivity contribution in [2.75, 3.05) is 0 Å². The molecule has 0 fully saturated rings. The van der Waals surface area contributed by atoms with E-state index in [0.29, 0.717) is 4.91 Å². The van der Waals surface area contributed by atoms with E-state index in [9.17, 15) is 20.0 Å². The third-order valence-corrected chi connectivity index (χ3v) is 4.11. The predicted octanol–water partition coefficient (Wildman–Crippen LogP) is 1.64. The molecule has 4 atom stereocenters. The van der Waals surface area contributed by atoms with E-state index in [0.717, 1.165) is 0 Å². The number of aliphatic hydroxyl groups is 1. The number of carbonyl (C=O) groups excluding carboxylic acids is 2. The van der Waals surface area contributed by atoms with Gasteiger partial charge in [0.2, 0.25) is 0 Å². The lowest BCUT2D eigenvalue weighted by atomic mass is 9.93. The Labute approximate surface area is 152 Å². The fourth-order valence-electron chi connectivity index (χ4n) is 2.25. The number of esters is 2. The summed E-state index contributed by atoms with van der Waals surface area (Å²) in [6, 6.07) is 1.55. The average Bonchev–Trinajstić information content (AvgIpc) is 2.46. The molecule has 0 aromatic rings. The zero-order valence-corrected chi connectivity index (χ0v) is 15.8. The number of carbonyl (C=O) groups is 2. The van der Waals surface area contributed by atoms with Gasteiger partial charge in [0.15, 0.2) is 12.2 Å². The molecule has 7 nitrogen and oxygen atoms in total. The van der Waals surface area contributed by atoms with Gasteiger partial charge in [-0.1, -0.05) is 32.9 Å². The molecule has 0 unspecified atom stereocenters. The van der Waals surface area contributed by atoms with Gasteiger partial charge >= 0.3 is 11.9 Å². The number of hydrogen-bond donors (Lipinski definition) is 2. The van der Waals surface area contributed by atoms with Crippen LogP contribution >= 0.6 is 11.8 Å². The molecule has 25 heavy (non-hydrogen) atoms. The molecule has 0 bridgehead atoms. The quantitative estimate of drug-likeness (QED) is 0.428. The van der Waals surface area contributed by atoms with Gasteiger partial charge in [0.05, 0.1) is 6.04 Å². The van der Waals surface area contributed by atoms with Crippen LogP contribution < -0.4 is 5.32 Å². The van der Waals surface area contributed by atoms with Gasteiger partial charge < -0.3 is 19.9 Å². The SMILES string of the molecule is CC(=O)O[C@@H]1[C@H](OC(C)=O)[C@@H](O)C=C[C@H]1N/C=C(/C#N)SC(C)(C)C. The monoisotopic (exact) mass is 368 g/mol. The van der Waals surface area contributed by atoms with Gasteiger partial charge in [-0.05, 0) is 0 Å². The highest BCUT2D eigenvalue weighted by Crippen LogP contribution is 2.30. The van der Waals surface area contributed by atoms with E-state index in [1.807, 2.05) is 20.8 Å². The van der Waals surface area contributed by atoms with Crippen molar-refractivity contribution in [3.8, 4) is 6.07 Å². The summed E-state index contributed by atoms with van der Waals surface area (Å²) in [5.74, 6) is -1.16. The van der Waals surface area contributed by atoms with Crippen molar-refractivity contribution >= 4 is 23.7 Å². The fourth-order valence-corrected chi connectivity index (χ4v) is 3.08. The van der Waals surface area contributed by atoms with Gasteiger partial charge in [0, 0.05) is 24.8 Å². The van der Waals surface area contributed by atoms with Gasteiger partial charge in [-0.25, -0.2) is 0 Å². The lowest BCUT2D eigenvalue weighted by Crippen LogP contribution is -2.54. The van der Waals surface area contributed by atoms with Crippen LogP contribution in [0.1, 0.15) is 34.6 Å². The van der Waals surface area contributed by atoms with Crippen molar-refractivity contribution in [3.63, 3.8) is 0 Å². The highest BCUT2D eigenvalue weighted by Gasteiger charge is 2.40. The minimum Gasteiger partial charge on any atom is -0.456 e. The number of nitrogens with zero attached hydrogens (tertiary/aromatic N) is 1. The first kappa shape index (κ1) is 21.1. The number of ether oxygens (including phenoxy) is 2. The van der Waals surface area contributed by atoms with Gasteiger partial charge in [0.1, 0.15) is 17.1 Å². The van der Waals surface area contributed by atoms with Crippen LogP contribution in [0.25, 0.3) is 0 Å². The van der Waals surface area contributed by atoms with Crippen LogP contribution in [0.3, 0.4) is 0 Å². The zero-order valence-electron chi connectivity index (χ0n) is 15.0. The molecule has 138 valence electrons. The number of allylic oxidation sites excluding steroid dienone is 1. The second-order valence-electron chi connectivity index (χ2n) is 6.55. The smallest absolute Gasteiger partial charge is 0.303 e. The van der Waals surface area contributed by atoms with Gasteiger partial charge in [-0.2, -0.15) is 5.26 Å². The number of hydrogen-bond acceptors (Lipinski definition) is 8. The minimum atomic E-state index is -1.09. The van der Waals surface area contributed by atoms with Crippen molar-refractivity contribution in [2.24, 2.45) is 0 Å². The van der Waals surface area contributed by atoms with Crippen LogP contribution in [0.2, 0.25) is 0 Å². The van der Waals surface area contributed by atoms with Crippen LogP contribution in [0.4, 0.5) is 0 Å². The molecule has 0 saturated heterocycles. The molecule has 0 spiro atoms. The van der Waals surface area contributed by atoms with Crippen LogP contribution in [0, 0.1) is 11.3 Å². The van der Waals surface area contributed by atoms with Crippen LogP contribution in [0.15, 0.2) is 23.3 Å². The second-order valence-corrected chi connectivity index (χ2v) is 8.42. The molecule has 0 heterocycles. The Hall–Kier alpha value is -1.98. The molecule has 2 N–H and O–H groups in total. The van der Waals surface area contributed by atoms with Gasteiger partial charge in [-0.3, -0.25) is 9.59 Å². The molecule has 0 saturated carbocycles. The van der Waals surface area contributed by atoms with Crippen molar-refractivity contribution in [2.45, 2.75) is 63.7 Å². The summed E-state index contributed by atoms with van der Waals surface area (Å²) in [6.07, 6.45) is 1.57. The van der Waals surface area contributed by atoms with Crippen LogP contribution in [0.5, 0.6) is 0 Å². The average molecular weight is 368 g/mol. The molecule has 1 aliphatic rings. The molecular formula is C17H24N2O5S. The minimum absolute atomic E-state index is 0.141. The van der Waals surface area contributed by atoms with Crippen LogP contribution in [-0.2, 0) is 19.1 Å². The van der Waals surface area contributed by atoms with Crippen molar-refractivity contribution in [1.82, 2.24) is 5.32 Å². The summed E-state index contributed by atoms with van der Waals surface area (Å²) >= 11 is 1.39. The third kappa shape index (κ3) is 7.20. The van der Waals surface area contributed by atoms with Crippen molar-refractivity contribution < 1.29 is 24.2 Å².